The van der Waals surface area contributed by atoms with E-state index in [1.807, 2.05) is 0 Å². The lowest BCUT2D eigenvalue weighted by atomic mass is 9.42. The van der Waals surface area contributed by atoms with Crippen LogP contribution >= 0.6 is 12.2 Å². The van der Waals surface area contributed by atoms with Crippen LogP contribution in [0.4, 0.5) is 0 Å². The summed E-state index contributed by atoms with van der Waals surface area (Å²) < 4.78 is 0. The minimum Gasteiger partial charge on any atom is -0.399 e. The van der Waals surface area contributed by atoms with Crippen LogP contribution in [-0.2, 0) is 4.84 Å². The van der Waals surface area contributed by atoms with Crippen LogP contribution in [0.25, 0.3) is 0 Å². The number of thiocarbonyl (C=S) groups is 1. The van der Waals surface area contributed by atoms with Crippen molar-refractivity contribution in [3.63, 3.8) is 0 Å². The van der Waals surface area contributed by atoms with Gasteiger partial charge in [-0.2, -0.15) is 0 Å². The lowest BCUT2D eigenvalue weighted by molar-refractivity contribution is -0.111. The van der Waals surface area contributed by atoms with E-state index >= 15 is 0 Å². The number of aliphatic imine (C=N–C) groups is 1. The summed E-state index contributed by atoms with van der Waals surface area (Å²) in [6.07, 6.45) is 2.55. The van der Waals surface area contributed by atoms with E-state index in [-0.39, 0.29) is 0 Å². The van der Waals surface area contributed by atoms with Crippen LogP contribution < -0.4 is 0 Å². The molecule has 0 heterocycles. The topological polar surface area (TPSA) is 34.0 Å². The molecule has 0 aromatic rings. The molecule has 3 saturated carbocycles. The normalized spacial score (nSPS) is 37.4. The van der Waals surface area contributed by atoms with Crippen molar-refractivity contribution >= 4 is 23.1 Å². The van der Waals surface area contributed by atoms with E-state index in [1.165, 1.54) is 12.8 Å². The van der Waals surface area contributed by atoms with Gasteiger partial charge in [0.15, 0.2) is 0 Å². The summed E-state index contributed by atoms with van der Waals surface area (Å²) >= 11 is 4.69. The molecule has 4 unspecified atom stereocenters. The van der Waals surface area contributed by atoms with E-state index in [2.05, 4.69) is 36.1 Å². The first-order chi connectivity index (χ1) is 8.52. The van der Waals surface area contributed by atoms with Gasteiger partial charge in [-0.3, -0.25) is 0 Å². The van der Waals surface area contributed by atoms with Crippen LogP contribution in [0, 0.1) is 29.1 Å². The molecule has 18 heavy (non-hydrogen) atoms. The molecule has 0 aliphatic heterocycles. The number of hydrogen-bond acceptors (Lipinski definition) is 4. The monoisotopic (exact) mass is 266 g/mol. The molecule has 0 radical (unpaired) electrons. The largest absolute Gasteiger partial charge is 0.399 e. The van der Waals surface area contributed by atoms with Gasteiger partial charge in [-0.15, -0.1) is 0 Å². The minimum absolute atomic E-state index is 0.438. The standard InChI is InChI=1S/C14H22N2OS/c1-9(16-17-4)13-10(7-15-8-18)5-11-6-12(13)14(11,2)3/h10-13H,5-7H2,1-4H3. The van der Waals surface area contributed by atoms with Gasteiger partial charge in [0.2, 0.25) is 0 Å². The molecule has 0 N–H and O–H groups in total. The molecule has 0 aromatic heterocycles. The Morgan fingerprint density at radius 3 is 2.72 bits per heavy atom. The maximum atomic E-state index is 4.96. The molecule has 3 nitrogen and oxygen atoms in total. The first-order valence-electron chi connectivity index (χ1n) is 6.63. The third-order valence-corrected chi connectivity index (χ3v) is 5.31. The van der Waals surface area contributed by atoms with Gasteiger partial charge in [0.1, 0.15) is 7.11 Å². The van der Waals surface area contributed by atoms with Crippen LogP contribution in [0.3, 0.4) is 0 Å². The molecule has 3 rings (SSSR count). The molecule has 0 saturated heterocycles. The van der Waals surface area contributed by atoms with E-state index < -0.39 is 0 Å². The Morgan fingerprint density at radius 2 is 2.17 bits per heavy atom. The molecule has 0 spiro atoms. The predicted molar refractivity (Wildman–Crippen MR) is 77.0 cm³/mol. The molecule has 4 atom stereocenters. The molecule has 0 aromatic carbocycles. The van der Waals surface area contributed by atoms with Gasteiger partial charge in [0.05, 0.1) is 17.4 Å². The maximum Gasteiger partial charge on any atom is 0.106 e. The Morgan fingerprint density at radius 1 is 1.44 bits per heavy atom. The number of fused-ring (bicyclic) bond motifs is 2. The number of hydrogen-bond donors (Lipinski definition) is 0. The molecule has 3 aliphatic carbocycles. The van der Waals surface area contributed by atoms with Crippen molar-refractivity contribution in [2.75, 3.05) is 13.7 Å². The number of isothiocyanates is 1. The van der Waals surface area contributed by atoms with Gasteiger partial charge in [-0.25, -0.2) is 4.99 Å². The van der Waals surface area contributed by atoms with Crippen molar-refractivity contribution < 1.29 is 4.84 Å². The number of oxime groups is 1. The fourth-order valence-corrected chi connectivity index (χ4v) is 4.16. The molecular weight excluding hydrogens is 244 g/mol. The Balaban J connectivity index is 2.22. The summed E-state index contributed by atoms with van der Waals surface area (Å²) in [7, 11) is 1.62. The number of nitrogens with zero attached hydrogens (tertiary/aromatic N) is 2. The second-order valence-electron chi connectivity index (χ2n) is 6.23. The second-order valence-corrected chi connectivity index (χ2v) is 6.41. The fourth-order valence-electron chi connectivity index (χ4n) is 4.09. The van der Waals surface area contributed by atoms with E-state index in [0.717, 1.165) is 18.2 Å². The highest BCUT2D eigenvalue weighted by molar-refractivity contribution is 7.78. The highest BCUT2D eigenvalue weighted by atomic mass is 32.1. The fraction of sp³-hybridized carbons (Fsp3) is 0.857. The molecule has 4 heteroatoms. The summed E-state index contributed by atoms with van der Waals surface area (Å²) in [5, 5.41) is 6.67. The van der Waals surface area contributed by atoms with Crippen molar-refractivity contribution in [1.82, 2.24) is 0 Å². The predicted octanol–water partition coefficient (Wildman–Crippen LogP) is 3.41. The van der Waals surface area contributed by atoms with Crippen LogP contribution in [0.1, 0.15) is 33.6 Å². The first-order valence-corrected chi connectivity index (χ1v) is 7.04. The zero-order valence-electron chi connectivity index (χ0n) is 11.6. The SMILES string of the molecule is CON=C(C)C1C(CN=C=S)CC2CC1C2(C)C. The molecular formula is C14H22N2OS. The smallest absolute Gasteiger partial charge is 0.106 e. The molecule has 3 fully saturated rings. The van der Waals surface area contributed by atoms with E-state index in [0.29, 0.717) is 23.2 Å². The van der Waals surface area contributed by atoms with Crippen LogP contribution in [-0.4, -0.2) is 24.5 Å². The first kappa shape index (κ1) is 13.7. The summed E-state index contributed by atoms with van der Waals surface area (Å²) in [5.74, 6) is 2.58. The summed E-state index contributed by atoms with van der Waals surface area (Å²) in [5.41, 5.74) is 1.55. The van der Waals surface area contributed by atoms with Crippen LogP contribution in [0.15, 0.2) is 10.1 Å². The average Bonchev–Trinajstić information content (AvgIpc) is 2.35. The van der Waals surface area contributed by atoms with Gasteiger partial charge >= 0.3 is 0 Å². The Hall–Kier alpha value is -0.730. The Bertz CT molecular complexity index is 399. The van der Waals surface area contributed by atoms with E-state index in [9.17, 15) is 0 Å². The highest BCUT2D eigenvalue weighted by Crippen LogP contribution is 2.63. The zero-order valence-corrected chi connectivity index (χ0v) is 12.5. The summed E-state index contributed by atoms with van der Waals surface area (Å²) in [4.78, 5) is 9.12. The second kappa shape index (κ2) is 5.10. The summed E-state index contributed by atoms with van der Waals surface area (Å²) in [6, 6.07) is 0. The third kappa shape index (κ3) is 2.12. The summed E-state index contributed by atoms with van der Waals surface area (Å²) in [6.45, 7) is 7.64. The lowest BCUT2D eigenvalue weighted by Gasteiger charge is -2.62. The van der Waals surface area contributed by atoms with Crippen molar-refractivity contribution in [1.29, 1.82) is 0 Å². The lowest BCUT2D eigenvalue weighted by Crippen LogP contribution is -2.58. The Kier molecular flexibility index (Phi) is 3.88. The maximum absolute atomic E-state index is 4.96. The minimum atomic E-state index is 0.438. The average molecular weight is 266 g/mol. The third-order valence-electron chi connectivity index (χ3n) is 5.18. The molecule has 2 bridgehead atoms. The van der Waals surface area contributed by atoms with Crippen LogP contribution in [0.5, 0.6) is 0 Å². The van der Waals surface area contributed by atoms with Gasteiger partial charge in [0, 0.05) is 5.92 Å². The van der Waals surface area contributed by atoms with E-state index in [1.54, 1.807) is 7.11 Å². The Labute approximate surface area is 115 Å². The van der Waals surface area contributed by atoms with Crippen molar-refractivity contribution in [3.8, 4) is 0 Å². The molecule has 0 amide bonds. The number of rotatable bonds is 4. The quantitative estimate of drug-likeness (QED) is 0.444. The highest BCUT2D eigenvalue weighted by Gasteiger charge is 2.58. The van der Waals surface area contributed by atoms with E-state index in [4.69, 9.17) is 17.1 Å². The van der Waals surface area contributed by atoms with Gasteiger partial charge in [-0.05, 0) is 55.2 Å². The van der Waals surface area contributed by atoms with Crippen molar-refractivity contribution in [3.05, 3.63) is 0 Å². The zero-order chi connectivity index (χ0) is 13.3. The molecule has 100 valence electrons. The van der Waals surface area contributed by atoms with Gasteiger partial charge in [0.25, 0.3) is 0 Å². The molecule has 3 aliphatic rings. The van der Waals surface area contributed by atoms with Gasteiger partial charge < -0.3 is 4.84 Å². The van der Waals surface area contributed by atoms with Crippen molar-refractivity contribution in [2.24, 2.45) is 39.2 Å². The van der Waals surface area contributed by atoms with Gasteiger partial charge in [-0.1, -0.05) is 19.0 Å². The van der Waals surface area contributed by atoms with Crippen molar-refractivity contribution in [2.45, 2.75) is 33.6 Å². The van der Waals surface area contributed by atoms with Crippen LogP contribution in [0.2, 0.25) is 0 Å².